The SMILES string of the molecule is CCc1ccc(C(=O)c2ccc3c(c2)CCCC3)cc1. The van der Waals surface area contributed by atoms with Crippen LogP contribution in [-0.2, 0) is 19.3 Å². The van der Waals surface area contributed by atoms with Crippen molar-refractivity contribution in [1.29, 1.82) is 0 Å². The number of aryl methyl sites for hydroxylation is 3. The van der Waals surface area contributed by atoms with Gasteiger partial charge in [0.15, 0.2) is 5.78 Å². The number of rotatable bonds is 3. The van der Waals surface area contributed by atoms with Gasteiger partial charge in [-0.25, -0.2) is 0 Å². The summed E-state index contributed by atoms with van der Waals surface area (Å²) in [5, 5.41) is 0. The van der Waals surface area contributed by atoms with Crippen LogP contribution < -0.4 is 0 Å². The van der Waals surface area contributed by atoms with Crippen LogP contribution in [0.15, 0.2) is 42.5 Å². The molecule has 0 unspecified atom stereocenters. The molecular formula is C19H20O. The summed E-state index contributed by atoms with van der Waals surface area (Å²) in [7, 11) is 0. The van der Waals surface area contributed by atoms with Crippen LogP contribution in [0.2, 0.25) is 0 Å². The summed E-state index contributed by atoms with van der Waals surface area (Å²) in [6.45, 7) is 2.13. The van der Waals surface area contributed by atoms with Crippen molar-refractivity contribution in [2.24, 2.45) is 0 Å². The van der Waals surface area contributed by atoms with Gasteiger partial charge in [0.25, 0.3) is 0 Å². The summed E-state index contributed by atoms with van der Waals surface area (Å²) in [4.78, 5) is 12.5. The molecule has 0 radical (unpaired) electrons. The molecule has 0 spiro atoms. The molecule has 1 heteroatoms. The molecule has 3 rings (SSSR count). The second kappa shape index (κ2) is 5.62. The monoisotopic (exact) mass is 264 g/mol. The van der Waals surface area contributed by atoms with Gasteiger partial charge in [-0.3, -0.25) is 4.79 Å². The fraction of sp³-hybridized carbons (Fsp3) is 0.316. The van der Waals surface area contributed by atoms with E-state index in [1.54, 1.807) is 0 Å². The maximum Gasteiger partial charge on any atom is 0.193 e. The number of carbonyl (C=O) groups excluding carboxylic acids is 1. The molecule has 102 valence electrons. The number of fused-ring (bicyclic) bond motifs is 1. The largest absolute Gasteiger partial charge is 0.289 e. The fourth-order valence-electron chi connectivity index (χ4n) is 2.93. The maximum absolute atomic E-state index is 12.5. The van der Waals surface area contributed by atoms with Gasteiger partial charge in [0, 0.05) is 11.1 Å². The Bertz CT molecular complexity index is 623. The minimum atomic E-state index is 0.140. The summed E-state index contributed by atoms with van der Waals surface area (Å²) in [5.41, 5.74) is 5.68. The topological polar surface area (TPSA) is 17.1 Å². The fourth-order valence-corrected chi connectivity index (χ4v) is 2.93. The van der Waals surface area contributed by atoms with Crippen LogP contribution in [-0.4, -0.2) is 5.78 Å². The van der Waals surface area contributed by atoms with Gasteiger partial charge in [0.1, 0.15) is 0 Å². The Hall–Kier alpha value is -1.89. The Morgan fingerprint density at radius 1 is 0.900 bits per heavy atom. The van der Waals surface area contributed by atoms with Crippen molar-refractivity contribution in [2.45, 2.75) is 39.0 Å². The van der Waals surface area contributed by atoms with E-state index in [1.807, 2.05) is 30.3 Å². The Kier molecular flexibility index (Phi) is 3.68. The third-order valence-electron chi connectivity index (χ3n) is 4.24. The Labute approximate surface area is 120 Å². The molecule has 0 fully saturated rings. The van der Waals surface area contributed by atoms with Gasteiger partial charge >= 0.3 is 0 Å². The van der Waals surface area contributed by atoms with E-state index in [9.17, 15) is 4.79 Å². The zero-order valence-electron chi connectivity index (χ0n) is 12.0. The average molecular weight is 264 g/mol. The number of hydrogen-bond acceptors (Lipinski definition) is 1. The highest BCUT2D eigenvalue weighted by Crippen LogP contribution is 2.23. The summed E-state index contributed by atoms with van der Waals surface area (Å²) < 4.78 is 0. The number of benzene rings is 2. The van der Waals surface area contributed by atoms with E-state index >= 15 is 0 Å². The third kappa shape index (κ3) is 2.53. The smallest absolute Gasteiger partial charge is 0.193 e. The molecule has 0 bridgehead atoms. The van der Waals surface area contributed by atoms with E-state index in [2.05, 4.69) is 19.1 Å². The van der Waals surface area contributed by atoms with Crippen LogP contribution in [0.25, 0.3) is 0 Å². The Balaban J connectivity index is 1.89. The van der Waals surface area contributed by atoms with E-state index in [4.69, 9.17) is 0 Å². The Morgan fingerprint density at radius 2 is 1.55 bits per heavy atom. The van der Waals surface area contributed by atoms with Crippen LogP contribution in [0.5, 0.6) is 0 Å². The first-order chi connectivity index (χ1) is 9.78. The van der Waals surface area contributed by atoms with Crippen LogP contribution >= 0.6 is 0 Å². The molecule has 0 N–H and O–H groups in total. The molecule has 0 aromatic heterocycles. The number of hydrogen-bond donors (Lipinski definition) is 0. The summed E-state index contributed by atoms with van der Waals surface area (Å²) in [6.07, 6.45) is 5.81. The van der Waals surface area contributed by atoms with Gasteiger partial charge in [0.05, 0.1) is 0 Å². The van der Waals surface area contributed by atoms with Gasteiger partial charge in [-0.1, -0.05) is 43.3 Å². The lowest BCUT2D eigenvalue weighted by atomic mass is 9.89. The van der Waals surface area contributed by atoms with Crippen molar-refractivity contribution in [3.05, 3.63) is 70.3 Å². The minimum absolute atomic E-state index is 0.140. The van der Waals surface area contributed by atoms with Crippen LogP contribution in [0.1, 0.15) is 52.4 Å². The van der Waals surface area contributed by atoms with Gasteiger partial charge in [-0.2, -0.15) is 0 Å². The highest BCUT2D eigenvalue weighted by atomic mass is 16.1. The van der Waals surface area contributed by atoms with E-state index in [1.165, 1.54) is 29.5 Å². The molecule has 2 aromatic rings. The molecule has 1 aliphatic carbocycles. The lowest BCUT2D eigenvalue weighted by Crippen LogP contribution is -2.07. The normalized spacial score (nSPS) is 13.8. The highest BCUT2D eigenvalue weighted by Gasteiger charge is 2.14. The maximum atomic E-state index is 12.5. The third-order valence-corrected chi connectivity index (χ3v) is 4.24. The molecule has 0 atom stereocenters. The molecule has 2 aromatic carbocycles. The van der Waals surface area contributed by atoms with Crippen molar-refractivity contribution in [3.8, 4) is 0 Å². The summed E-state index contributed by atoms with van der Waals surface area (Å²) >= 11 is 0. The van der Waals surface area contributed by atoms with Gasteiger partial charge in [-0.15, -0.1) is 0 Å². The number of carbonyl (C=O) groups is 1. The molecule has 0 amide bonds. The average Bonchev–Trinajstić information content (AvgIpc) is 2.54. The first-order valence-electron chi connectivity index (χ1n) is 7.53. The molecule has 0 saturated carbocycles. The number of ketones is 1. The predicted molar refractivity (Wildman–Crippen MR) is 82.3 cm³/mol. The standard InChI is InChI=1S/C19H20O/c1-2-14-7-9-16(10-8-14)19(20)18-12-11-15-5-3-4-6-17(15)13-18/h7-13H,2-6H2,1H3. The minimum Gasteiger partial charge on any atom is -0.289 e. The van der Waals surface area contributed by atoms with Gasteiger partial charge in [-0.05, 0) is 54.9 Å². The lowest BCUT2D eigenvalue weighted by molar-refractivity contribution is 0.103. The Morgan fingerprint density at radius 3 is 2.25 bits per heavy atom. The van der Waals surface area contributed by atoms with Crippen molar-refractivity contribution in [3.63, 3.8) is 0 Å². The van der Waals surface area contributed by atoms with E-state index < -0.39 is 0 Å². The summed E-state index contributed by atoms with van der Waals surface area (Å²) in [5.74, 6) is 0.140. The molecule has 1 nitrogen and oxygen atoms in total. The van der Waals surface area contributed by atoms with Crippen LogP contribution in [0, 0.1) is 0 Å². The second-order valence-electron chi connectivity index (χ2n) is 5.57. The van der Waals surface area contributed by atoms with Gasteiger partial charge in [0.2, 0.25) is 0 Å². The zero-order valence-corrected chi connectivity index (χ0v) is 12.0. The van der Waals surface area contributed by atoms with Crippen molar-refractivity contribution in [1.82, 2.24) is 0 Å². The van der Waals surface area contributed by atoms with E-state index in [0.29, 0.717) is 0 Å². The molecular weight excluding hydrogens is 244 g/mol. The highest BCUT2D eigenvalue weighted by molar-refractivity contribution is 6.09. The second-order valence-corrected chi connectivity index (χ2v) is 5.57. The quantitative estimate of drug-likeness (QED) is 0.753. The first kappa shape index (κ1) is 13.1. The van der Waals surface area contributed by atoms with Crippen LogP contribution in [0.4, 0.5) is 0 Å². The van der Waals surface area contributed by atoms with Crippen molar-refractivity contribution in [2.75, 3.05) is 0 Å². The molecule has 20 heavy (non-hydrogen) atoms. The van der Waals surface area contributed by atoms with E-state index in [0.717, 1.165) is 30.4 Å². The zero-order chi connectivity index (χ0) is 13.9. The van der Waals surface area contributed by atoms with Crippen molar-refractivity contribution < 1.29 is 4.79 Å². The first-order valence-corrected chi connectivity index (χ1v) is 7.53. The molecule has 1 aliphatic rings. The molecule has 0 aliphatic heterocycles. The van der Waals surface area contributed by atoms with Crippen LogP contribution in [0.3, 0.4) is 0 Å². The molecule has 0 heterocycles. The lowest BCUT2D eigenvalue weighted by Gasteiger charge is -2.16. The predicted octanol–water partition coefficient (Wildman–Crippen LogP) is 4.36. The van der Waals surface area contributed by atoms with Gasteiger partial charge < -0.3 is 0 Å². The summed E-state index contributed by atoms with van der Waals surface area (Å²) in [6, 6.07) is 14.2. The van der Waals surface area contributed by atoms with E-state index in [-0.39, 0.29) is 5.78 Å². The van der Waals surface area contributed by atoms with Crippen molar-refractivity contribution >= 4 is 5.78 Å². The molecule has 0 saturated heterocycles.